The van der Waals surface area contributed by atoms with Crippen LogP contribution in [0.4, 0.5) is 0 Å². The molecule has 1 aromatic heterocycles. The predicted octanol–water partition coefficient (Wildman–Crippen LogP) is 2.54. The zero-order valence-corrected chi connectivity index (χ0v) is 10.5. The second kappa shape index (κ2) is 5.64. The number of hydrogen-bond donors (Lipinski definition) is 1. The van der Waals surface area contributed by atoms with E-state index < -0.39 is 0 Å². The lowest BCUT2D eigenvalue weighted by Gasteiger charge is -2.08. The van der Waals surface area contributed by atoms with E-state index in [-0.39, 0.29) is 0 Å². The minimum atomic E-state index is 0.808. The fourth-order valence-corrected chi connectivity index (χ4v) is 2.01. The van der Waals surface area contributed by atoms with E-state index in [0.29, 0.717) is 0 Å². The highest BCUT2D eigenvalue weighted by atomic mass is 15.0. The monoisotopic (exact) mass is 229 g/mol. The highest BCUT2D eigenvalue weighted by Crippen LogP contribution is 2.16. The summed E-state index contributed by atoms with van der Waals surface area (Å²) in [7, 11) is 1.93. The molecule has 0 bridgehead atoms. The van der Waals surface area contributed by atoms with Crippen LogP contribution in [0.5, 0.6) is 0 Å². The predicted molar refractivity (Wildman–Crippen MR) is 70.3 cm³/mol. The molecule has 0 saturated heterocycles. The zero-order chi connectivity index (χ0) is 12.1. The van der Waals surface area contributed by atoms with Crippen LogP contribution in [0.2, 0.25) is 0 Å². The quantitative estimate of drug-likeness (QED) is 0.854. The van der Waals surface area contributed by atoms with Crippen LogP contribution < -0.4 is 5.32 Å². The third kappa shape index (κ3) is 2.74. The van der Waals surface area contributed by atoms with Crippen molar-refractivity contribution in [2.45, 2.75) is 26.3 Å². The van der Waals surface area contributed by atoms with Crippen molar-refractivity contribution >= 4 is 0 Å². The molecule has 0 saturated carbocycles. The summed E-state index contributed by atoms with van der Waals surface area (Å²) in [5.74, 6) is 0. The van der Waals surface area contributed by atoms with E-state index in [4.69, 9.17) is 0 Å². The number of nitrogens with one attached hydrogen (secondary N) is 1. The van der Waals surface area contributed by atoms with Crippen molar-refractivity contribution in [3.8, 4) is 5.69 Å². The molecular weight excluding hydrogens is 210 g/mol. The molecule has 1 N–H and O–H groups in total. The van der Waals surface area contributed by atoms with Crippen molar-refractivity contribution in [2.75, 3.05) is 7.05 Å². The fraction of sp³-hybridized carbons (Fsp3) is 0.357. The molecule has 17 heavy (non-hydrogen) atoms. The third-order valence-corrected chi connectivity index (χ3v) is 2.78. The topological polar surface area (TPSA) is 29.9 Å². The SMILES string of the molecule is CCCc1ccccc1-n1cnc(CNC)c1. The summed E-state index contributed by atoms with van der Waals surface area (Å²) >= 11 is 0. The smallest absolute Gasteiger partial charge is 0.0995 e. The normalized spacial score (nSPS) is 10.7. The maximum absolute atomic E-state index is 4.38. The molecule has 0 fully saturated rings. The van der Waals surface area contributed by atoms with E-state index in [2.05, 4.69) is 52.3 Å². The van der Waals surface area contributed by atoms with Gasteiger partial charge in [0.1, 0.15) is 0 Å². The molecular formula is C14H19N3. The van der Waals surface area contributed by atoms with Gasteiger partial charge in [-0.1, -0.05) is 31.5 Å². The van der Waals surface area contributed by atoms with E-state index in [1.54, 1.807) is 0 Å². The van der Waals surface area contributed by atoms with Gasteiger partial charge in [-0.05, 0) is 25.1 Å². The number of nitrogens with zero attached hydrogens (tertiary/aromatic N) is 2. The molecule has 0 unspecified atom stereocenters. The Balaban J connectivity index is 2.31. The summed E-state index contributed by atoms with van der Waals surface area (Å²) in [6.45, 7) is 3.01. The van der Waals surface area contributed by atoms with Crippen molar-refractivity contribution in [1.82, 2.24) is 14.9 Å². The summed E-state index contributed by atoms with van der Waals surface area (Å²) in [5, 5.41) is 3.11. The lowest BCUT2D eigenvalue weighted by Crippen LogP contribution is -2.05. The lowest BCUT2D eigenvalue weighted by atomic mass is 10.1. The number of rotatable bonds is 5. The fourth-order valence-electron chi connectivity index (χ4n) is 2.01. The maximum atomic E-state index is 4.38. The van der Waals surface area contributed by atoms with Crippen LogP contribution in [0, 0.1) is 0 Å². The third-order valence-electron chi connectivity index (χ3n) is 2.78. The second-order valence-corrected chi connectivity index (χ2v) is 4.18. The first kappa shape index (κ1) is 11.9. The first-order valence-corrected chi connectivity index (χ1v) is 6.11. The number of imidazole rings is 1. The minimum absolute atomic E-state index is 0.808. The van der Waals surface area contributed by atoms with E-state index in [0.717, 1.165) is 25.1 Å². The van der Waals surface area contributed by atoms with Crippen molar-refractivity contribution in [3.63, 3.8) is 0 Å². The molecule has 0 atom stereocenters. The number of benzene rings is 1. The molecule has 1 heterocycles. The van der Waals surface area contributed by atoms with Gasteiger partial charge in [0, 0.05) is 18.4 Å². The molecule has 0 radical (unpaired) electrons. The molecule has 0 amide bonds. The van der Waals surface area contributed by atoms with E-state index in [9.17, 15) is 0 Å². The number of aromatic nitrogens is 2. The van der Waals surface area contributed by atoms with Gasteiger partial charge in [0.05, 0.1) is 12.0 Å². The summed E-state index contributed by atoms with van der Waals surface area (Å²) in [6, 6.07) is 8.51. The Labute approximate surface area is 103 Å². The van der Waals surface area contributed by atoms with Gasteiger partial charge in [-0.15, -0.1) is 0 Å². The highest BCUT2D eigenvalue weighted by molar-refractivity contribution is 5.41. The Bertz CT molecular complexity index is 474. The molecule has 2 rings (SSSR count). The van der Waals surface area contributed by atoms with Gasteiger partial charge in [-0.25, -0.2) is 4.98 Å². The lowest BCUT2D eigenvalue weighted by molar-refractivity contribution is 0.796. The number of hydrogen-bond acceptors (Lipinski definition) is 2. The van der Waals surface area contributed by atoms with E-state index >= 15 is 0 Å². The first-order chi connectivity index (χ1) is 8.35. The number of para-hydroxylation sites is 1. The highest BCUT2D eigenvalue weighted by Gasteiger charge is 2.04. The van der Waals surface area contributed by atoms with Crippen molar-refractivity contribution < 1.29 is 0 Å². The van der Waals surface area contributed by atoms with Crippen LogP contribution in [-0.4, -0.2) is 16.6 Å². The van der Waals surface area contributed by atoms with Crippen LogP contribution in [0.15, 0.2) is 36.8 Å². The summed E-state index contributed by atoms with van der Waals surface area (Å²) in [4.78, 5) is 4.38. The zero-order valence-electron chi connectivity index (χ0n) is 10.5. The molecule has 0 aliphatic carbocycles. The van der Waals surface area contributed by atoms with Crippen LogP contribution in [0.1, 0.15) is 24.6 Å². The van der Waals surface area contributed by atoms with Crippen molar-refractivity contribution in [1.29, 1.82) is 0 Å². The Morgan fingerprint density at radius 1 is 1.29 bits per heavy atom. The molecule has 1 aromatic carbocycles. The molecule has 90 valence electrons. The summed E-state index contributed by atoms with van der Waals surface area (Å²) in [6.07, 6.45) is 6.25. The van der Waals surface area contributed by atoms with Crippen LogP contribution in [-0.2, 0) is 13.0 Å². The molecule has 3 nitrogen and oxygen atoms in total. The van der Waals surface area contributed by atoms with Gasteiger partial charge in [-0.3, -0.25) is 0 Å². The van der Waals surface area contributed by atoms with E-state index in [1.807, 2.05) is 13.4 Å². The van der Waals surface area contributed by atoms with Gasteiger partial charge < -0.3 is 9.88 Å². The summed E-state index contributed by atoms with van der Waals surface area (Å²) in [5.41, 5.74) is 3.69. The Hall–Kier alpha value is -1.61. The second-order valence-electron chi connectivity index (χ2n) is 4.18. The van der Waals surface area contributed by atoms with Crippen molar-refractivity contribution in [2.24, 2.45) is 0 Å². The van der Waals surface area contributed by atoms with Gasteiger partial charge >= 0.3 is 0 Å². The minimum Gasteiger partial charge on any atom is -0.314 e. The molecule has 0 aliphatic heterocycles. The average molecular weight is 229 g/mol. The van der Waals surface area contributed by atoms with Crippen LogP contribution in [0.3, 0.4) is 0 Å². The Kier molecular flexibility index (Phi) is 3.94. The molecule has 0 spiro atoms. The molecule has 0 aliphatic rings. The van der Waals surface area contributed by atoms with Gasteiger partial charge in [0.25, 0.3) is 0 Å². The van der Waals surface area contributed by atoms with Gasteiger partial charge in [0.15, 0.2) is 0 Å². The Morgan fingerprint density at radius 2 is 2.12 bits per heavy atom. The van der Waals surface area contributed by atoms with Crippen molar-refractivity contribution in [3.05, 3.63) is 48.0 Å². The van der Waals surface area contributed by atoms with Gasteiger partial charge in [-0.2, -0.15) is 0 Å². The standard InChI is InChI=1S/C14H19N3/c1-3-6-12-7-4-5-8-14(12)17-10-13(9-15-2)16-11-17/h4-5,7-8,10-11,15H,3,6,9H2,1-2H3. The van der Waals surface area contributed by atoms with E-state index in [1.165, 1.54) is 11.3 Å². The summed E-state index contributed by atoms with van der Waals surface area (Å²) < 4.78 is 2.11. The Morgan fingerprint density at radius 3 is 2.88 bits per heavy atom. The van der Waals surface area contributed by atoms with Gasteiger partial charge in [0.2, 0.25) is 0 Å². The largest absolute Gasteiger partial charge is 0.314 e. The molecule has 3 heteroatoms. The van der Waals surface area contributed by atoms with Crippen LogP contribution >= 0.6 is 0 Å². The molecule has 2 aromatic rings. The average Bonchev–Trinajstić information content (AvgIpc) is 2.79. The first-order valence-electron chi connectivity index (χ1n) is 6.11. The number of aryl methyl sites for hydroxylation is 1. The van der Waals surface area contributed by atoms with Crippen LogP contribution in [0.25, 0.3) is 5.69 Å². The maximum Gasteiger partial charge on any atom is 0.0995 e.